The highest BCUT2D eigenvalue weighted by Crippen LogP contribution is 2.15. The molecule has 0 aromatic heterocycles. The SMILES string of the molecule is [CH2]COCCOc1ccc(CCCCCC(C)C)cc1. The molecule has 0 bridgehead atoms. The van der Waals surface area contributed by atoms with E-state index in [2.05, 4.69) is 32.9 Å². The van der Waals surface area contributed by atoms with Gasteiger partial charge in [-0.05, 0) is 43.4 Å². The van der Waals surface area contributed by atoms with E-state index in [1.807, 2.05) is 12.1 Å². The van der Waals surface area contributed by atoms with Gasteiger partial charge in [0, 0.05) is 6.61 Å². The summed E-state index contributed by atoms with van der Waals surface area (Å²) < 4.78 is 10.7. The fraction of sp³-hybridized carbons (Fsp3) is 0.611. The Kier molecular flexibility index (Phi) is 9.14. The van der Waals surface area contributed by atoms with E-state index in [1.54, 1.807) is 0 Å². The standard InChI is InChI=1S/C18H29O2/c1-4-19-14-15-20-18-12-10-17(11-13-18)9-7-5-6-8-16(2)3/h10-13,16H,1,4-9,14-15H2,2-3H3. The van der Waals surface area contributed by atoms with Gasteiger partial charge in [0.25, 0.3) is 0 Å². The van der Waals surface area contributed by atoms with Crippen molar-refractivity contribution in [2.75, 3.05) is 19.8 Å². The minimum absolute atomic E-state index is 0.499. The molecule has 0 spiro atoms. The van der Waals surface area contributed by atoms with Crippen LogP contribution in [0, 0.1) is 12.8 Å². The Morgan fingerprint density at radius 3 is 2.40 bits per heavy atom. The quantitative estimate of drug-likeness (QED) is 0.547. The molecule has 0 amide bonds. The van der Waals surface area contributed by atoms with Gasteiger partial charge in [0.05, 0.1) is 6.61 Å². The molecule has 0 unspecified atom stereocenters. The van der Waals surface area contributed by atoms with Crippen LogP contribution < -0.4 is 4.74 Å². The van der Waals surface area contributed by atoms with Gasteiger partial charge in [0.1, 0.15) is 12.4 Å². The number of unbranched alkanes of at least 4 members (excludes halogenated alkanes) is 2. The van der Waals surface area contributed by atoms with E-state index in [9.17, 15) is 0 Å². The number of hydrogen-bond acceptors (Lipinski definition) is 2. The van der Waals surface area contributed by atoms with Crippen LogP contribution in [0.5, 0.6) is 5.75 Å². The monoisotopic (exact) mass is 277 g/mol. The van der Waals surface area contributed by atoms with Crippen LogP contribution >= 0.6 is 0 Å². The van der Waals surface area contributed by atoms with Gasteiger partial charge in [0.2, 0.25) is 0 Å². The molecule has 0 aliphatic heterocycles. The van der Waals surface area contributed by atoms with Gasteiger partial charge < -0.3 is 9.47 Å². The topological polar surface area (TPSA) is 18.5 Å². The molecule has 113 valence electrons. The van der Waals surface area contributed by atoms with E-state index in [-0.39, 0.29) is 0 Å². The van der Waals surface area contributed by atoms with E-state index < -0.39 is 0 Å². The zero-order valence-electron chi connectivity index (χ0n) is 13.1. The average Bonchev–Trinajstić information content (AvgIpc) is 2.44. The van der Waals surface area contributed by atoms with Crippen LogP contribution in [0.15, 0.2) is 24.3 Å². The van der Waals surface area contributed by atoms with Crippen molar-refractivity contribution in [2.45, 2.75) is 46.0 Å². The highest BCUT2D eigenvalue weighted by atomic mass is 16.5. The molecule has 0 atom stereocenters. The molecule has 0 saturated heterocycles. The van der Waals surface area contributed by atoms with E-state index >= 15 is 0 Å². The van der Waals surface area contributed by atoms with Crippen LogP contribution in [0.2, 0.25) is 0 Å². The first kappa shape index (κ1) is 17.0. The third-order valence-corrected chi connectivity index (χ3v) is 3.31. The van der Waals surface area contributed by atoms with Crippen molar-refractivity contribution in [3.8, 4) is 5.75 Å². The van der Waals surface area contributed by atoms with Crippen molar-refractivity contribution >= 4 is 0 Å². The minimum Gasteiger partial charge on any atom is -0.491 e. The summed E-state index contributed by atoms with van der Waals surface area (Å²) in [6.07, 6.45) is 6.49. The number of hydrogen-bond donors (Lipinski definition) is 0. The zero-order valence-corrected chi connectivity index (χ0v) is 13.1. The lowest BCUT2D eigenvalue weighted by molar-refractivity contribution is 0.120. The molecule has 0 fully saturated rings. The van der Waals surface area contributed by atoms with E-state index in [0.29, 0.717) is 19.8 Å². The first-order valence-electron chi connectivity index (χ1n) is 7.81. The second-order valence-electron chi connectivity index (χ2n) is 5.60. The van der Waals surface area contributed by atoms with Crippen molar-refractivity contribution in [3.63, 3.8) is 0 Å². The minimum atomic E-state index is 0.499. The van der Waals surface area contributed by atoms with Gasteiger partial charge in [-0.3, -0.25) is 0 Å². The molecule has 1 radical (unpaired) electrons. The normalized spacial score (nSPS) is 11.0. The lowest BCUT2D eigenvalue weighted by Crippen LogP contribution is -2.06. The van der Waals surface area contributed by atoms with Crippen molar-refractivity contribution in [1.82, 2.24) is 0 Å². The van der Waals surface area contributed by atoms with Gasteiger partial charge in [-0.2, -0.15) is 0 Å². The lowest BCUT2D eigenvalue weighted by atomic mass is 10.0. The summed E-state index contributed by atoms with van der Waals surface area (Å²) >= 11 is 0. The van der Waals surface area contributed by atoms with Crippen molar-refractivity contribution in [3.05, 3.63) is 36.8 Å². The summed E-state index contributed by atoms with van der Waals surface area (Å²) in [5.74, 6) is 1.75. The van der Waals surface area contributed by atoms with Crippen molar-refractivity contribution in [2.24, 2.45) is 5.92 Å². The molecule has 1 aromatic carbocycles. The van der Waals surface area contributed by atoms with Crippen LogP contribution in [0.4, 0.5) is 0 Å². The number of rotatable bonds is 11. The Bertz CT molecular complexity index is 330. The lowest BCUT2D eigenvalue weighted by Gasteiger charge is -2.08. The molecule has 1 aromatic rings. The molecule has 0 aliphatic rings. The Hall–Kier alpha value is -1.02. The van der Waals surface area contributed by atoms with Gasteiger partial charge in [-0.1, -0.05) is 45.2 Å². The number of benzene rings is 1. The summed E-state index contributed by atoms with van der Waals surface area (Å²) in [6.45, 7) is 9.88. The van der Waals surface area contributed by atoms with E-state index in [4.69, 9.17) is 9.47 Å². The van der Waals surface area contributed by atoms with Gasteiger partial charge >= 0.3 is 0 Å². The Labute approximate surface area is 124 Å². The van der Waals surface area contributed by atoms with Crippen LogP contribution in [0.25, 0.3) is 0 Å². The maximum atomic E-state index is 5.58. The maximum Gasteiger partial charge on any atom is 0.119 e. The zero-order chi connectivity index (χ0) is 14.6. The van der Waals surface area contributed by atoms with Crippen LogP contribution in [0.1, 0.15) is 45.1 Å². The summed E-state index contributed by atoms with van der Waals surface area (Å²) in [6, 6.07) is 8.43. The van der Waals surface area contributed by atoms with Crippen LogP contribution in [0.3, 0.4) is 0 Å². The molecule has 0 N–H and O–H groups in total. The van der Waals surface area contributed by atoms with Gasteiger partial charge in [-0.15, -0.1) is 0 Å². The second kappa shape index (κ2) is 10.7. The molecular weight excluding hydrogens is 248 g/mol. The highest BCUT2D eigenvalue weighted by molar-refractivity contribution is 5.27. The third-order valence-electron chi connectivity index (χ3n) is 3.31. The predicted octanol–water partition coefficient (Wildman–Crippen LogP) is 4.67. The summed E-state index contributed by atoms with van der Waals surface area (Å²) in [5.41, 5.74) is 1.40. The molecule has 0 saturated carbocycles. The molecule has 0 heterocycles. The molecular formula is C18H29O2. The second-order valence-corrected chi connectivity index (χ2v) is 5.60. The Balaban J connectivity index is 2.15. The Morgan fingerprint density at radius 2 is 1.75 bits per heavy atom. The van der Waals surface area contributed by atoms with Gasteiger partial charge in [-0.25, -0.2) is 0 Å². The van der Waals surface area contributed by atoms with Crippen molar-refractivity contribution in [1.29, 1.82) is 0 Å². The average molecular weight is 277 g/mol. The first-order chi connectivity index (χ1) is 9.72. The fourth-order valence-corrected chi connectivity index (χ4v) is 2.13. The molecule has 20 heavy (non-hydrogen) atoms. The molecule has 0 aliphatic carbocycles. The summed E-state index contributed by atoms with van der Waals surface area (Å²) in [7, 11) is 0. The van der Waals surface area contributed by atoms with Crippen LogP contribution in [-0.4, -0.2) is 19.8 Å². The van der Waals surface area contributed by atoms with Crippen LogP contribution in [-0.2, 0) is 11.2 Å². The number of aryl methyl sites for hydroxylation is 1. The maximum absolute atomic E-state index is 5.58. The highest BCUT2D eigenvalue weighted by Gasteiger charge is 1.98. The molecule has 2 heteroatoms. The Morgan fingerprint density at radius 1 is 1.00 bits per heavy atom. The smallest absolute Gasteiger partial charge is 0.119 e. The molecule has 2 nitrogen and oxygen atoms in total. The van der Waals surface area contributed by atoms with Gasteiger partial charge in [0.15, 0.2) is 0 Å². The fourth-order valence-electron chi connectivity index (χ4n) is 2.13. The van der Waals surface area contributed by atoms with E-state index in [0.717, 1.165) is 11.7 Å². The summed E-state index contributed by atoms with van der Waals surface area (Å²) in [4.78, 5) is 0. The first-order valence-corrected chi connectivity index (χ1v) is 7.81. The molecule has 1 rings (SSSR count). The number of ether oxygens (including phenoxy) is 2. The largest absolute Gasteiger partial charge is 0.491 e. The van der Waals surface area contributed by atoms with Crippen molar-refractivity contribution < 1.29 is 9.47 Å². The third kappa shape index (κ3) is 8.21. The summed E-state index contributed by atoms with van der Waals surface area (Å²) in [5, 5.41) is 0. The van der Waals surface area contributed by atoms with E-state index in [1.165, 1.54) is 37.7 Å². The predicted molar refractivity (Wildman–Crippen MR) is 85.1 cm³/mol.